The van der Waals surface area contributed by atoms with Gasteiger partial charge in [-0.05, 0) is 16.8 Å². The maximum Gasteiger partial charge on any atom is 0.219 e. The molecule has 0 aromatic heterocycles. The molecule has 0 atom stereocenters. The summed E-state index contributed by atoms with van der Waals surface area (Å²) < 4.78 is 0. The van der Waals surface area contributed by atoms with Crippen LogP contribution >= 0.6 is 12.6 Å². The van der Waals surface area contributed by atoms with E-state index in [0.29, 0.717) is 11.3 Å². The number of nitrogen functional groups attached to an aromatic ring is 1. The zero-order chi connectivity index (χ0) is 10.1. The Morgan fingerprint density at radius 3 is 2.57 bits per heavy atom. The van der Waals surface area contributed by atoms with Crippen LogP contribution in [0.2, 0.25) is 0 Å². The van der Waals surface area contributed by atoms with Crippen molar-refractivity contribution in [2.24, 2.45) is 0 Å². The lowest BCUT2D eigenvalue weighted by Crippen LogP contribution is -1.98. The highest BCUT2D eigenvalue weighted by Crippen LogP contribution is 2.25. The first kappa shape index (κ1) is 9.09. The molecule has 2 aromatic rings. The van der Waals surface area contributed by atoms with Crippen LogP contribution in [0.25, 0.3) is 10.8 Å². The maximum atomic E-state index is 11.3. The number of carbonyl (C=O) groups excluding carboxylic acids is 1. The van der Waals surface area contributed by atoms with E-state index in [1.165, 1.54) is 0 Å². The van der Waals surface area contributed by atoms with Gasteiger partial charge >= 0.3 is 0 Å². The van der Waals surface area contributed by atoms with Crippen molar-refractivity contribution < 1.29 is 4.79 Å². The smallest absolute Gasteiger partial charge is 0.219 e. The summed E-state index contributed by atoms with van der Waals surface area (Å²) in [6.07, 6.45) is 0. The van der Waals surface area contributed by atoms with Gasteiger partial charge in [0.2, 0.25) is 5.12 Å². The highest BCUT2D eigenvalue weighted by Gasteiger charge is 2.09. The van der Waals surface area contributed by atoms with Crippen LogP contribution in [-0.4, -0.2) is 5.12 Å². The number of nitrogens with two attached hydrogens (primary N) is 1. The molecule has 0 bridgehead atoms. The molecule has 0 saturated heterocycles. The van der Waals surface area contributed by atoms with Crippen molar-refractivity contribution in [3.05, 3.63) is 42.0 Å². The minimum absolute atomic E-state index is 0.292. The molecule has 2 rings (SSSR count). The lowest BCUT2D eigenvalue weighted by Gasteiger charge is -2.05. The van der Waals surface area contributed by atoms with Gasteiger partial charge in [-0.15, -0.1) is 12.6 Å². The number of fused-ring (bicyclic) bond motifs is 1. The molecule has 0 heterocycles. The molecular formula is C11H9NOS. The first-order valence-electron chi connectivity index (χ1n) is 4.20. The molecule has 0 amide bonds. The lowest BCUT2D eigenvalue weighted by atomic mass is 10.0. The van der Waals surface area contributed by atoms with Crippen LogP contribution in [0, 0.1) is 0 Å². The fraction of sp³-hybridized carbons (Fsp3) is 0. The molecule has 70 valence electrons. The van der Waals surface area contributed by atoms with Gasteiger partial charge < -0.3 is 5.73 Å². The van der Waals surface area contributed by atoms with Gasteiger partial charge in [0.1, 0.15) is 0 Å². The predicted octanol–water partition coefficient (Wildman–Crippen LogP) is 2.49. The second-order valence-corrected chi connectivity index (χ2v) is 3.46. The fourth-order valence-corrected chi connectivity index (χ4v) is 1.78. The quantitative estimate of drug-likeness (QED) is 0.552. The Kier molecular flexibility index (Phi) is 2.17. The van der Waals surface area contributed by atoms with E-state index in [1.807, 2.05) is 30.3 Å². The standard InChI is InChI=1S/C11H9NOS/c12-9-6-5-7-3-1-2-4-8(7)10(9)11(13)14/h1-6H,12H2,(H,13,14). The van der Waals surface area contributed by atoms with Crippen LogP contribution in [0.3, 0.4) is 0 Å². The van der Waals surface area contributed by atoms with E-state index in [9.17, 15) is 4.79 Å². The summed E-state index contributed by atoms with van der Waals surface area (Å²) in [4.78, 5) is 11.3. The summed E-state index contributed by atoms with van der Waals surface area (Å²) in [7, 11) is 0. The third-order valence-electron chi connectivity index (χ3n) is 2.18. The van der Waals surface area contributed by atoms with Crippen molar-refractivity contribution in [2.45, 2.75) is 0 Å². The first-order chi connectivity index (χ1) is 6.70. The van der Waals surface area contributed by atoms with Crippen LogP contribution in [0.5, 0.6) is 0 Å². The van der Waals surface area contributed by atoms with Crippen LogP contribution in [-0.2, 0) is 0 Å². The molecule has 0 radical (unpaired) electrons. The maximum absolute atomic E-state index is 11.3. The lowest BCUT2D eigenvalue weighted by molar-refractivity contribution is 0.109. The third-order valence-corrected chi connectivity index (χ3v) is 2.40. The molecule has 2 aromatic carbocycles. The van der Waals surface area contributed by atoms with E-state index in [0.717, 1.165) is 10.8 Å². The molecule has 2 nitrogen and oxygen atoms in total. The Hall–Kier alpha value is -1.48. The summed E-state index contributed by atoms with van der Waals surface area (Å²) in [6, 6.07) is 11.2. The molecule has 0 aliphatic rings. The highest BCUT2D eigenvalue weighted by atomic mass is 32.1. The number of benzene rings is 2. The van der Waals surface area contributed by atoms with Gasteiger partial charge in [0, 0.05) is 5.69 Å². The van der Waals surface area contributed by atoms with E-state index < -0.39 is 0 Å². The second kappa shape index (κ2) is 3.35. The summed E-state index contributed by atoms with van der Waals surface area (Å²) >= 11 is 3.81. The summed E-state index contributed by atoms with van der Waals surface area (Å²) in [6.45, 7) is 0. The van der Waals surface area contributed by atoms with Crippen molar-refractivity contribution in [1.82, 2.24) is 0 Å². The molecule has 0 unspecified atom stereocenters. The zero-order valence-electron chi connectivity index (χ0n) is 7.40. The van der Waals surface area contributed by atoms with E-state index in [2.05, 4.69) is 12.6 Å². The SMILES string of the molecule is Nc1ccc2ccccc2c1C(=O)S. The van der Waals surface area contributed by atoms with Crippen molar-refractivity contribution >= 4 is 34.2 Å². The minimum atomic E-state index is -0.292. The summed E-state index contributed by atoms with van der Waals surface area (Å²) in [5, 5.41) is 1.56. The molecule has 0 fully saturated rings. The Balaban J connectivity index is 2.90. The largest absolute Gasteiger partial charge is 0.398 e. The average molecular weight is 203 g/mol. The Labute approximate surface area is 87.1 Å². The van der Waals surface area contributed by atoms with Crippen LogP contribution in [0.1, 0.15) is 10.4 Å². The third kappa shape index (κ3) is 1.36. The molecule has 2 N–H and O–H groups in total. The number of rotatable bonds is 1. The van der Waals surface area contributed by atoms with Crippen LogP contribution < -0.4 is 5.73 Å². The normalized spacial score (nSPS) is 10.4. The number of carbonyl (C=O) groups is 1. The Morgan fingerprint density at radius 1 is 1.14 bits per heavy atom. The summed E-state index contributed by atoms with van der Waals surface area (Å²) in [5.41, 5.74) is 6.69. The summed E-state index contributed by atoms with van der Waals surface area (Å²) in [5.74, 6) is 0. The Bertz CT molecular complexity index is 508. The fourth-order valence-electron chi connectivity index (χ4n) is 1.53. The highest BCUT2D eigenvalue weighted by molar-refractivity contribution is 7.97. The van der Waals surface area contributed by atoms with Gasteiger partial charge in [-0.3, -0.25) is 4.79 Å². The number of hydrogen-bond donors (Lipinski definition) is 2. The van der Waals surface area contributed by atoms with Crippen molar-refractivity contribution in [1.29, 1.82) is 0 Å². The van der Waals surface area contributed by atoms with E-state index in [-0.39, 0.29) is 5.12 Å². The zero-order valence-corrected chi connectivity index (χ0v) is 8.29. The number of anilines is 1. The van der Waals surface area contributed by atoms with Crippen molar-refractivity contribution in [2.75, 3.05) is 5.73 Å². The van der Waals surface area contributed by atoms with Crippen molar-refractivity contribution in [3.8, 4) is 0 Å². The topological polar surface area (TPSA) is 43.1 Å². The molecule has 0 aliphatic carbocycles. The molecular weight excluding hydrogens is 194 g/mol. The molecule has 3 heteroatoms. The van der Waals surface area contributed by atoms with Gasteiger partial charge in [-0.25, -0.2) is 0 Å². The van der Waals surface area contributed by atoms with Crippen molar-refractivity contribution in [3.63, 3.8) is 0 Å². The molecule has 0 spiro atoms. The van der Waals surface area contributed by atoms with Gasteiger partial charge in [0.15, 0.2) is 0 Å². The first-order valence-corrected chi connectivity index (χ1v) is 4.65. The second-order valence-electron chi connectivity index (χ2n) is 3.06. The molecule has 14 heavy (non-hydrogen) atoms. The van der Waals surface area contributed by atoms with E-state index >= 15 is 0 Å². The molecule has 0 aliphatic heterocycles. The van der Waals surface area contributed by atoms with Crippen LogP contribution in [0.4, 0.5) is 5.69 Å². The monoisotopic (exact) mass is 203 g/mol. The Morgan fingerprint density at radius 2 is 1.86 bits per heavy atom. The van der Waals surface area contributed by atoms with Gasteiger partial charge in [0.05, 0.1) is 5.56 Å². The average Bonchev–Trinajstić information content (AvgIpc) is 2.17. The predicted molar refractivity (Wildman–Crippen MR) is 61.7 cm³/mol. The van der Waals surface area contributed by atoms with Gasteiger partial charge in [-0.1, -0.05) is 30.3 Å². The number of hydrogen-bond acceptors (Lipinski definition) is 2. The van der Waals surface area contributed by atoms with E-state index in [1.54, 1.807) is 6.07 Å². The molecule has 0 saturated carbocycles. The van der Waals surface area contributed by atoms with Gasteiger partial charge in [-0.2, -0.15) is 0 Å². The number of thiol groups is 1. The van der Waals surface area contributed by atoms with Gasteiger partial charge in [0.25, 0.3) is 0 Å². The van der Waals surface area contributed by atoms with Crippen LogP contribution in [0.15, 0.2) is 36.4 Å². The minimum Gasteiger partial charge on any atom is -0.398 e. The van der Waals surface area contributed by atoms with E-state index in [4.69, 9.17) is 5.73 Å².